The smallest absolute Gasteiger partial charge is 0.282 e. The van der Waals surface area contributed by atoms with Crippen LogP contribution in [-0.2, 0) is 16.1 Å². The van der Waals surface area contributed by atoms with Crippen molar-refractivity contribution in [2.24, 2.45) is 11.8 Å². The van der Waals surface area contributed by atoms with Crippen molar-refractivity contribution in [3.8, 4) is 0 Å². The molecule has 4 rings (SSSR count). The summed E-state index contributed by atoms with van der Waals surface area (Å²) in [6.07, 6.45) is -2.65. The average Bonchev–Trinajstić information content (AvgIpc) is 3.35. The van der Waals surface area contributed by atoms with Gasteiger partial charge < -0.3 is 9.80 Å². The van der Waals surface area contributed by atoms with E-state index >= 15 is 0 Å². The van der Waals surface area contributed by atoms with Gasteiger partial charge in [-0.3, -0.25) is 14.3 Å². The van der Waals surface area contributed by atoms with Crippen molar-refractivity contribution in [2.75, 3.05) is 19.6 Å². The first kappa shape index (κ1) is 19.5. The minimum Gasteiger partial charge on any atom is -0.340 e. The molecule has 0 unspecified atom stereocenters. The van der Waals surface area contributed by atoms with Crippen molar-refractivity contribution in [3.05, 3.63) is 53.3 Å². The Morgan fingerprint density at radius 2 is 1.90 bits per heavy atom. The Balaban J connectivity index is 1.49. The van der Waals surface area contributed by atoms with Crippen molar-refractivity contribution < 1.29 is 18.4 Å². The van der Waals surface area contributed by atoms with Crippen LogP contribution < -0.4 is 0 Å². The van der Waals surface area contributed by atoms with Gasteiger partial charge in [0.1, 0.15) is 12.2 Å². The van der Waals surface area contributed by atoms with Gasteiger partial charge in [-0.2, -0.15) is 5.10 Å². The number of amides is 2. The standard InChI is InChI=1S/C21H24F2N4O2/c1-13-8-18(21(22)23)24-27(13)12-19(29)25-9-16-10-26(14(2)28)20(17(16)11-25)15-6-4-3-5-7-15/h3-8,16-17,20-21H,9-12H2,1-2H3/t16-,17-,20+/m1/s1. The Morgan fingerprint density at radius 1 is 1.17 bits per heavy atom. The molecule has 154 valence electrons. The molecule has 3 heterocycles. The zero-order valence-corrected chi connectivity index (χ0v) is 16.5. The molecular weight excluding hydrogens is 378 g/mol. The number of carbonyl (C=O) groups excluding carboxylic acids is 2. The molecule has 8 heteroatoms. The van der Waals surface area contributed by atoms with Gasteiger partial charge >= 0.3 is 0 Å². The molecule has 29 heavy (non-hydrogen) atoms. The molecule has 2 aromatic rings. The van der Waals surface area contributed by atoms with E-state index in [2.05, 4.69) is 5.10 Å². The third-order valence-electron chi connectivity index (χ3n) is 6.07. The van der Waals surface area contributed by atoms with E-state index in [1.807, 2.05) is 35.2 Å². The molecule has 6 nitrogen and oxygen atoms in total. The number of aromatic nitrogens is 2. The van der Waals surface area contributed by atoms with E-state index in [1.165, 1.54) is 10.7 Å². The first-order chi connectivity index (χ1) is 13.8. The van der Waals surface area contributed by atoms with Crippen molar-refractivity contribution in [3.63, 3.8) is 0 Å². The quantitative estimate of drug-likeness (QED) is 0.790. The molecule has 0 saturated carbocycles. The maximum atomic E-state index is 12.9. The van der Waals surface area contributed by atoms with Gasteiger partial charge in [-0.1, -0.05) is 30.3 Å². The predicted molar refractivity (Wildman–Crippen MR) is 102 cm³/mol. The van der Waals surface area contributed by atoms with Crippen LogP contribution >= 0.6 is 0 Å². The van der Waals surface area contributed by atoms with Crippen molar-refractivity contribution in [1.29, 1.82) is 0 Å². The van der Waals surface area contributed by atoms with Gasteiger partial charge in [-0.15, -0.1) is 0 Å². The van der Waals surface area contributed by atoms with E-state index in [9.17, 15) is 18.4 Å². The fourth-order valence-corrected chi connectivity index (χ4v) is 4.68. The fraction of sp³-hybridized carbons (Fsp3) is 0.476. The number of halogens is 2. The highest BCUT2D eigenvalue weighted by Crippen LogP contribution is 2.45. The Labute approximate surface area is 168 Å². The van der Waals surface area contributed by atoms with Gasteiger partial charge in [0.25, 0.3) is 6.43 Å². The molecule has 1 aromatic carbocycles. The molecule has 2 amide bonds. The number of carbonyl (C=O) groups is 2. The Hall–Kier alpha value is -2.77. The first-order valence-corrected chi connectivity index (χ1v) is 9.77. The molecule has 2 aliphatic heterocycles. The summed E-state index contributed by atoms with van der Waals surface area (Å²) < 4.78 is 27.1. The number of hydrogen-bond acceptors (Lipinski definition) is 3. The van der Waals surface area contributed by atoms with Crippen LogP contribution in [0.3, 0.4) is 0 Å². The van der Waals surface area contributed by atoms with Crippen LogP contribution in [0.5, 0.6) is 0 Å². The van der Waals surface area contributed by atoms with Crippen molar-refractivity contribution >= 4 is 11.8 Å². The summed E-state index contributed by atoms with van der Waals surface area (Å²) in [4.78, 5) is 28.7. The summed E-state index contributed by atoms with van der Waals surface area (Å²) in [6, 6.07) is 11.2. The lowest BCUT2D eigenvalue weighted by Gasteiger charge is -2.29. The average molecular weight is 402 g/mol. The van der Waals surface area contributed by atoms with E-state index in [1.54, 1.807) is 18.7 Å². The van der Waals surface area contributed by atoms with Crippen LogP contribution in [0.1, 0.15) is 36.3 Å². The number of benzene rings is 1. The Kier molecular flexibility index (Phi) is 5.10. The first-order valence-electron chi connectivity index (χ1n) is 9.77. The van der Waals surface area contributed by atoms with Crippen LogP contribution in [0.2, 0.25) is 0 Å². The normalized spacial score (nSPS) is 23.7. The summed E-state index contributed by atoms with van der Waals surface area (Å²) in [5, 5.41) is 3.86. The maximum absolute atomic E-state index is 12.9. The molecule has 0 spiro atoms. The Morgan fingerprint density at radius 3 is 2.52 bits per heavy atom. The number of hydrogen-bond donors (Lipinski definition) is 0. The minimum absolute atomic E-state index is 0.0397. The molecule has 2 fully saturated rings. The Bertz CT molecular complexity index is 915. The van der Waals surface area contributed by atoms with Gasteiger partial charge in [0, 0.05) is 44.1 Å². The number of fused-ring (bicyclic) bond motifs is 1. The van der Waals surface area contributed by atoms with Gasteiger partial charge in [0.05, 0.1) is 6.04 Å². The highest BCUT2D eigenvalue weighted by molar-refractivity contribution is 5.77. The second-order valence-electron chi connectivity index (χ2n) is 7.92. The van der Waals surface area contributed by atoms with Crippen LogP contribution in [-0.4, -0.2) is 51.0 Å². The number of rotatable bonds is 4. The monoisotopic (exact) mass is 402 g/mol. The summed E-state index contributed by atoms with van der Waals surface area (Å²) >= 11 is 0. The lowest BCUT2D eigenvalue weighted by molar-refractivity contribution is -0.132. The van der Waals surface area contributed by atoms with E-state index in [0.717, 1.165) is 5.56 Å². The molecular formula is C21H24F2N4O2. The van der Waals surface area contributed by atoms with E-state index in [0.29, 0.717) is 25.3 Å². The van der Waals surface area contributed by atoms with Crippen LogP contribution in [0.4, 0.5) is 8.78 Å². The second-order valence-corrected chi connectivity index (χ2v) is 7.92. The topological polar surface area (TPSA) is 58.4 Å². The third-order valence-corrected chi connectivity index (χ3v) is 6.07. The highest BCUT2D eigenvalue weighted by Gasteiger charge is 2.49. The molecule has 0 aliphatic carbocycles. The summed E-state index contributed by atoms with van der Waals surface area (Å²) in [5.41, 5.74) is 1.31. The molecule has 0 bridgehead atoms. The summed E-state index contributed by atoms with van der Waals surface area (Å²) in [7, 11) is 0. The molecule has 2 aliphatic rings. The zero-order valence-electron chi connectivity index (χ0n) is 16.5. The van der Waals surface area contributed by atoms with Crippen LogP contribution in [0.25, 0.3) is 0 Å². The van der Waals surface area contributed by atoms with E-state index in [-0.39, 0.29) is 41.9 Å². The van der Waals surface area contributed by atoms with Gasteiger partial charge in [0.2, 0.25) is 11.8 Å². The lowest BCUT2D eigenvalue weighted by atomic mass is 9.89. The number of aryl methyl sites for hydroxylation is 1. The van der Waals surface area contributed by atoms with E-state index in [4.69, 9.17) is 0 Å². The molecule has 1 aromatic heterocycles. The summed E-state index contributed by atoms with van der Waals surface area (Å²) in [5.74, 6) is 0.286. The molecule has 0 radical (unpaired) electrons. The van der Waals surface area contributed by atoms with Crippen LogP contribution in [0, 0.1) is 18.8 Å². The lowest BCUT2D eigenvalue weighted by Crippen LogP contribution is -2.38. The SMILES string of the molecule is CC(=O)N1C[C@H]2CN(C(=O)Cn3nc(C(F)F)cc3C)C[C@H]2[C@@H]1c1ccccc1. The third kappa shape index (κ3) is 3.63. The minimum atomic E-state index is -2.65. The fourth-order valence-electron chi connectivity index (χ4n) is 4.68. The summed E-state index contributed by atoms with van der Waals surface area (Å²) in [6.45, 7) is 4.94. The van der Waals surface area contributed by atoms with Crippen molar-refractivity contribution in [2.45, 2.75) is 32.9 Å². The van der Waals surface area contributed by atoms with Gasteiger partial charge in [-0.05, 0) is 18.6 Å². The van der Waals surface area contributed by atoms with E-state index < -0.39 is 6.43 Å². The van der Waals surface area contributed by atoms with Gasteiger partial charge in [0.15, 0.2) is 0 Å². The zero-order chi connectivity index (χ0) is 20.7. The molecule has 2 saturated heterocycles. The largest absolute Gasteiger partial charge is 0.340 e. The number of nitrogens with zero attached hydrogens (tertiary/aromatic N) is 4. The maximum Gasteiger partial charge on any atom is 0.282 e. The highest BCUT2D eigenvalue weighted by atomic mass is 19.3. The predicted octanol–water partition coefficient (Wildman–Crippen LogP) is 2.81. The number of alkyl halides is 2. The molecule has 3 atom stereocenters. The van der Waals surface area contributed by atoms with Gasteiger partial charge in [-0.25, -0.2) is 8.78 Å². The number of likely N-dealkylation sites (tertiary alicyclic amines) is 2. The molecule has 0 N–H and O–H groups in total. The van der Waals surface area contributed by atoms with Crippen LogP contribution in [0.15, 0.2) is 36.4 Å². The second kappa shape index (κ2) is 7.57. The van der Waals surface area contributed by atoms with Crippen molar-refractivity contribution in [1.82, 2.24) is 19.6 Å².